The van der Waals surface area contributed by atoms with E-state index in [1.54, 1.807) is 0 Å². The Morgan fingerprint density at radius 3 is 2.54 bits per heavy atom. The van der Waals surface area contributed by atoms with Gasteiger partial charge in [0.2, 0.25) is 0 Å². The molecular weight excluding hydrogens is 416 g/mol. The number of anilines is 1. The van der Waals surface area contributed by atoms with Gasteiger partial charge in [-0.3, -0.25) is 4.79 Å². The Morgan fingerprint density at radius 1 is 1.21 bits per heavy atom. The molecule has 28 heavy (non-hydrogen) atoms. The molecular formula is C23H29BrN2O2. The van der Waals surface area contributed by atoms with E-state index in [4.69, 9.17) is 4.74 Å². The van der Waals surface area contributed by atoms with Gasteiger partial charge >= 0.3 is 0 Å². The summed E-state index contributed by atoms with van der Waals surface area (Å²) in [5, 5.41) is 3.01. The number of nitrogens with one attached hydrogen (secondary N) is 1. The molecule has 1 N–H and O–H groups in total. The van der Waals surface area contributed by atoms with Gasteiger partial charge in [-0.15, -0.1) is 0 Å². The predicted molar refractivity (Wildman–Crippen MR) is 118 cm³/mol. The van der Waals surface area contributed by atoms with Crippen LogP contribution in [-0.4, -0.2) is 25.6 Å². The van der Waals surface area contributed by atoms with Crippen LogP contribution >= 0.6 is 15.9 Å². The van der Waals surface area contributed by atoms with Crippen LogP contribution in [0.5, 0.6) is 5.75 Å². The first-order valence-corrected chi connectivity index (χ1v) is 10.7. The highest BCUT2D eigenvalue weighted by Gasteiger charge is 2.16. The summed E-state index contributed by atoms with van der Waals surface area (Å²) >= 11 is 3.46. The number of amides is 1. The average molecular weight is 445 g/mol. The van der Waals surface area contributed by atoms with Gasteiger partial charge in [-0.25, -0.2) is 0 Å². The van der Waals surface area contributed by atoms with E-state index in [-0.39, 0.29) is 18.6 Å². The number of aryl methyl sites for hydroxylation is 1. The fourth-order valence-electron chi connectivity index (χ4n) is 3.46. The number of nitrogens with zero attached hydrogens (tertiary/aromatic N) is 1. The topological polar surface area (TPSA) is 41.6 Å². The second-order valence-electron chi connectivity index (χ2n) is 7.75. The van der Waals surface area contributed by atoms with Crippen molar-refractivity contribution in [3.05, 3.63) is 58.1 Å². The van der Waals surface area contributed by atoms with E-state index in [0.717, 1.165) is 34.6 Å². The summed E-state index contributed by atoms with van der Waals surface area (Å²) in [6.45, 7) is 8.58. The van der Waals surface area contributed by atoms with Gasteiger partial charge in [0.15, 0.2) is 6.61 Å². The zero-order valence-electron chi connectivity index (χ0n) is 16.9. The lowest BCUT2D eigenvalue weighted by molar-refractivity contribution is -0.123. The largest absolute Gasteiger partial charge is 0.484 e. The Hall–Kier alpha value is -2.01. The molecule has 0 bridgehead atoms. The van der Waals surface area contributed by atoms with Gasteiger partial charge in [0.05, 0.1) is 6.04 Å². The fraction of sp³-hybridized carbons (Fsp3) is 0.435. The van der Waals surface area contributed by atoms with Gasteiger partial charge in [-0.1, -0.05) is 35.0 Å². The van der Waals surface area contributed by atoms with Gasteiger partial charge in [0.25, 0.3) is 5.91 Å². The molecule has 2 aromatic rings. The highest BCUT2D eigenvalue weighted by atomic mass is 79.9. The first-order valence-electron chi connectivity index (χ1n) is 9.95. The monoisotopic (exact) mass is 444 g/mol. The Bertz CT molecular complexity index is 799. The predicted octanol–water partition coefficient (Wildman–Crippen LogP) is 5.25. The van der Waals surface area contributed by atoms with Crippen LogP contribution in [0.2, 0.25) is 0 Å². The van der Waals surface area contributed by atoms with Crippen LogP contribution in [0.15, 0.2) is 46.9 Å². The van der Waals surface area contributed by atoms with Crippen molar-refractivity contribution in [1.82, 2.24) is 5.32 Å². The van der Waals surface area contributed by atoms with Crippen LogP contribution in [-0.2, 0) is 4.79 Å². The van der Waals surface area contributed by atoms with Gasteiger partial charge in [-0.2, -0.15) is 0 Å². The molecule has 5 heteroatoms. The number of carbonyl (C=O) groups is 1. The van der Waals surface area contributed by atoms with Crippen molar-refractivity contribution in [2.45, 2.75) is 39.7 Å². The summed E-state index contributed by atoms with van der Waals surface area (Å²) in [5.41, 5.74) is 3.44. The molecule has 1 fully saturated rings. The SMILES string of the molecule is Cc1cc(OCC(=O)N[C@H](C)c2ccc(N3CCC(C)CC3)cc2)ccc1Br. The summed E-state index contributed by atoms with van der Waals surface area (Å²) in [7, 11) is 0. The van der Waals surface area contributed by atoms with E-state index in [2.05, 4.69) is 57.3 Å². The molecule has 1 aliphatic rings. The quantitative estimate of drug-likeness (QED) is 0.661. The van der Waals surface area contributed by atoms with E-state index in [9.17, 15) is 4.79 Å². The maximum Gasteiger partial charge on any atom is 0.258 e. The standard InChI is InChI=1S/C23H29BrN2O2/c1-16-10-12-26(13-11-16)20-6-4-19(5-7-20)18(3)25-23(27)15-28-21-8-9-22(24)17(2)14-21/h4-9,14,16,18H,10-13,15H2,1-3H3,(H,25,27)/t18-/m1/s1. The lowest BCUT2D eigenvalue weighted by Gasteiger charge is -2.32. The summed E-state index contributed by atoms with van der Waals surface area (Å²) in [4.78, 5) is 14.7. The van der Waals surface area contributed by atoms with Crippen molar-refractivity contribution >= 4 is 27.5 Å². The number of hydrogen-bond acceptors (Lipinski definition) is 3. The van der Waals surface area contributed by atoms with Crippen LogP contribution in [0.4, 0.5) is 5.69 Å². The smallest absolute Gasteiger partial charge is 0.258 e. The van der Waals surface area contributed by atoms with E-state index < -0.39 is 0 Å². The molecule has 4 nitrogen and oxygen atoms in total. The zero-order chi connectivity index (χ0) is 20.1. The summed E-state index contributed by atoms with van der Waals surface area (Å²) in [6.07, 6.45) is 2.51. The molecule has 0 saturated carbocycles. The van der Waals surface area contributed by atoms with E-state index >= 15 is 0 Å². The molecule has 1 heterocycles. The van der Waals surface area contributed by atoms with Gasteiger partial charge in [0.1, 0.15) is 5.75 Å². The van der Waals surface area contributed by atoms with E-state index in [0.29, 0.717) is 5.75 Å². The maximum atomic E-state index is 12.2. The van der Waals surface area contributed by atoms with Crippen LogP contribution in [0, 0.1) is 12.8 Å². The van der Waals surface area contributed by atoms with E-state index in [1.807, 2.05) is 32.0 Å². The minimum Gasteiger partial charge on any atom is -0.484 e. The summed E-state index contributed by atoms with van der Waals surface area (Å²) < 4.78 is 6.64. The van der Waals surface area contributed by atoms with Crippen molar-refractivity contribution in [3.8, 4) is 5.75 Å². The van der Waals surface area contributed by atoms with Gasteiger partial charge < -0.3 is 15.0 Å². The average Bonchev–Trinajstić information content (AvgIpc) is 2.69. The minimum atomic E-state index is -0.123. The molecule has 1 amide bonds. The second-order valence-corrected chi connectivity index (χ2v) is 8.60. The molecule has 3 rings (SSSR count). The molecule has 1 saturated heterocycles. The third-order valence-electron chi connectivity index (χ3n) is 5.42. The van der Waals surface area contributed by atoms with Crippen molar-refractivity contribution in [2.24, 2.45) is 5.92 Å². The number of carbonyl (C=O) groups excluding carboxylic acids is 1. The molecule has 1 atom stereocenters. The highest BCUT2D eigenvalue weighted by molar-refractivity contribution is 9.10. The van der Waals surface area contributed by atoms with E-state index in [1.165, 1.54) is 18.5 Å². The minimum absolute atomic E-state index is 0.00938. The van der Waals surface area contributed by atoms with Gasteiger partial charge in [0, 0.05) is 23.2 Å². The van der Waals surface area contributed by atoms with Crippen LogP contribution in [0.3, 0.4) is 0 Å². The summed E-state index contributed by atoms with van der Waals surface area (Å²) in [5.74, 6) is 1.40. The molecule has 0 aromatic heterocycles. The molecule has 2 aromatic carbocycles. The molecule has 150 valence electrons. The first kappa shape index (κ1) is 20.7. The number of benzene rings is 2. The molecule has 1 aliphatic heterocycles. The molecule has 0 radical (unpaired) electrons. The highest BCUT2D eigenvalue weighted by Crippen LogP contribution is 2.25. The first-order chi connectivity index (χ1) is 13.4. The van der Waals surface area contributed by atoms with Crippen molar-refractivity contribution in [3.63, 3.8) is 0 Å². The number of ether oxygens (including phenoxy) is 1. The van der Waals surface area contributed by atoms with Crippen LogP contribution in [0.1, 0.15) is 43.9 Å². The molecule has 0 unspecified atom stereocenters. The number of piperidine rings is 1. The third kappa shape index (κ3) is 5.51. The Balaban J connectivity index is 1.50. The van der Waals surface area contributed by atoms with Crippen molar-refractivity contribution in [1.29, 1.82) is 0 Å². The second kappa shape index (κ2) is 9.46. The lowest BCUT2D eigenvalue weighted by Crippen LogP contribution is -2.33. The zero-order valence-corrected chi connectivity index (χ0v) is 18.5. The van der Waals surface area contributed by atoms with Crippen LogP contribution in [0.25, 0.3) is 0 Å². The lowest BCUT2D eigenvalue weighted by atomic mass is 9.98. The number of halogens is 1. The molecule has 0 aliphatic carbocycles. The van der Waals surface area contributed by atoms with Crippen molar-refractivity contribution in [2.75, 3.05) is 24.6 Å². The third-order valence-corrected chi connectivity index (χ3v) is 6.31. The normalized spacial score (nSPS) is 15.9. The Kier molecular flexibility index (Phi) is 7.00. The van der Waals surface area contributed by atoms with Crippen LogP contribution < -0.4 is 15.0 Å². The van der Waals surface area contributed by atoms with Gasteiger partial charge in [-0.05, 0) is 74.1 Å². The number of hydrogen-bond donors (Lipinski definition) is 1. The maximum absolute atomic E-state index is 12.2. The molecule has 0 spiro atoms. The Labute approximate surface area is 176 Å². The van der Waals surface area contributed by atoms with Crippen molar-refractivity contribution < 1.29 is 9.53 Å². The fourth-order valence-corrected chi connectivity index (χ4v) is 3.71. The number of rotatable bonds is 6. The Morgan fingerprint density at radius 2 is 1.89 bits per heavy atom. The summed E-state index contributed by atoms with van der Waals surface area (Å²) in [6, 6.07) is 14.2.